The number of hydrogen-bond acceptors (Lipinski definition) is 3. The van der Waals surface area contributed by atoms with Gasteiger partial charge in [-0.1, -0.05) is 12.1 Å². The number of carbonyl (C=O) groups is 2. The molecule has 0 fully saturated rings. The van der Waals surface area contributed by atoms with Crippen LogP contribution in [0.1, 0.15) is 23.2 Å². The maximum absolute atomic E-state index is 11.4. The summed E-state index contributed by atoms with van der Waals surface area (Å²) >= 11 is 4.08. The molecule has 0 saturated carbocycles. The van der Waals surface area contributed by atoms with Crippen LogP contribution in [0.25, 0.3) is 0 Å². The Morgan fingerprint density at radius 2 is 1.71 bits per heavy atom. The Morgan fingerprint density at radius 3 is 2.21 bits per heavy atom. The SMILES string of the molecule is O=C(O)CCC(=O)c1ccc(S)cc1. The molecule has 1 aromatic carbocycles. The minimum absolute atomic E-state index is 0.0429. The first-order chi connectivity index (χ1) is 6.59. The number of Topliss-reactive ketones (excluding diaryl/α,β-unsaturated/α-hetero) is 1. The molecule has 0 spiro atoms. The zero-order chi connectivity index (χ0) is 10.6. The van der Waals surface area contributed by atoms with Crippen LogP contribution in [-0.4, -0.2) is 16.9 Å². The summed E-state index contributed by atoms with van der Waals surface area (Å²) in [6.07, 6.45) is -0.0806. The summed E-state index contributed by atoms with van der Waals surface area (Å²) in [5, 5.41) is 8.39. The lowest BCUT2D eigenvalue weighted by atomic mass is 10.1. The lowest BCUT2D eigenvalue weighted by molar-refractivity contribution is -0.136. The van der Waals surface area contributed by atoms with E-state index in [1.54, 1.807) is 24.3 Å². The Hall–Kier alpha value is -1.29. The normalized spacial score (nSPS) is 9.79. The molecule has 0 aliphatic rings. The van der Waals surface area contributed by atoms with E-state index in [0.29, 0.717) is 5.56 Å². The van der Waals surface area contributed by atoms with E-state index in [1.807, 2.05) is 0 Å². The largest absolute Gasteiger partial charge is 0.481 e. The van der Waals surface area contributed by atoms with E-state index in [4.69, 9.17) is 5.11 Å². The van der Waals surface area contributed by atoms with Crippen molar-refractivity contribution in [2.24, 2.45) is 0 Å². The van der Waals surface area contributed by atoms with E-state index >= 15 is 0 Å². The second-order valence-corrected chi connectivity index (χ2v) is 3.38. The van der Waals surface area contributed by atoms with Gasteiger partial charge < -0.3 is 5.11 Å². The van der Waals surface area contributed by atoms with Gasteiger partial charge in [-0.25, -0.2) is 0 Å². The standard InChI is InChI=1S/C10H10O3S/c11-9(5-6-10(12)13)7-1-3-8(14)4-2-7/h1-4,14H,5-6H2,(H,12,13). The van der Waals surface area contributed by atoms with Crippen molar-refractivity contribution in [2.45, 2.75) is 17.7 Å². The predicted octanol–water partition coefficient (Wildman–Crippen LogP) is 2.02. The number of thiol groups is 1. The minimum atomic E-state index is -0.954. The fourth-order valence-corrected chi connectivity index (χ4v) is 1.16. The fraction of sp³-hybridized carbons (Fsp3) is 0.200. The summed E-state index contributed by atoms with van der Waals surface area (Å²) in [5.74, 6) is -1.11. The second kappa shape index (κ2) is 4.81. The molecule has 0 unspecified atom stereocenters. The van der Waals surface area contributed by atoms with Crippen LogP contribution in [0, 0.1) is 0 Å². The van der Waals surface area contributed by atoms with E-state index in [2.05, 4.69) is 12.6 Å². The molecule has 74 valence electrons. The number of carbonyl (C=O) groups excluding carboxylic acids is 1. The molecular weight excluding hydrogens is 200 g/mol. The number of aliphatic carboxylic acids is 1. The zero-order valence-corrected chi connectivity index (χ0v) is 8.33. The van der Waals surface area contributed by atoms with Gasteiger partial charge in [0.1, 0.15) is 0 Å². The van der Waals surface area contributed by atoms with E-state index < -0.39 is 5.97 Å². The van der Waals surface area contributed by atoms with Gasteiger partial charge in [0.25, 0.3) is 0 Å². The van der Waals surface area contributed by atoms with E-state index in [9.17, 15) is 9.59 Å². The lowest BCUT2D eigenvalue weighted by Crippen LogP contribution is -2.03. The number of carboxylic acids is 1. The van der Waals surface area contributed by atoms with Crippen molar-refractivity contribution in [3.05, 3.63) is 29.8 Å². The predicted molar refractivity (Wildman–Crippen MR) is 54.9 cm³/mol. The number of ketones is 1. The molecule has 1 N–H and O–H groups in total. The lowest BCUT2D eigenvalue weighted by Gasteiger charge is -1.98. The Morgan fingerprint density at radius 1 is 1.14 bits per heavy atom. The van der Waals surface area contributed by atoms with Crippen LogP contribution in [0.5, 0.6) is 0 Å². The van der Waals surface area contributed by atoms with Crippen LogP contribution in [-0.2, 0) is 4.79 Å². The van der Waals surface area contributed by atoms with Gasteiger partial charge in [0.05, 0.1) is 6.42 Å². The molecule has 0 bridgehead atoms. The molecule has 0 aliphatic carbocycles. The molecule has 1 rings (SSSR count). The first-order valence-corrected chi connectivity index (χ1v) is 4.58. The van der Waals surface area contributed by atoms with Crippen molar-refractivity contribution in [3.63, 3.8) is 0 Å². The van der Waals surface area contributed by atoms with Gasteiger partial charge in [-0.2, -0.15) is 0 Å². The Labute approximate surface area is 87.2 Å². The molecule has 3 nitrogen and oxygen atoms in total. The highest BCUT2D eigenvalue weighted by atomic mass is 32.1. The average molecular weight is 210 g/mol. The topological polar surface area (TPSA) is 54.4 Å². The van der Waals surface area contributed by atoms with Crippen LogP contribution in [0.4, 0.5) is 0 Å². The minimum Gasteiger partial charge on any atom is -0.481 e. The van der Waals surface area contributed by atoms with Gasteiger partial charge in [0, 0.05) is 16.9 Å². The molecule has 0 heterocycles. The van der Waals surface area contributed by atoms with Crippen LogP contribution in [0.2, 0.25) is 0 Å². The van der Waals surface area contributed by atoms with Crippen molar-refractivity contribution in [1.82, 2.24) is 0 Å². The van der Waals surface area contributed by atoms with Crippen LogP contribution in [0.15, 0.2) is 29.2 Å². The first-order valence-electron chi connectivity index (χ1n) is 4.13. The highest BCUT2D eigenvalue weighted by Crippen LogP contribution is 2.10. The van der Waals surface area contributed by atoms with Crippen LogP contribution < -0.4 is 0 Å². The molecular formula is C10H10O3S. The first kappa shape index (κ1) is 10.8. The molecule has 14 heavy (non-hydrogen) atoms. The summed E-state index contributed by atoms with van der Waals surface area (Å²) in [6, 6.07) is 6.70. The molecule has 0 saturated heterocycles. The molecule has 0 aliphatic heterocycles. The Kier molecular flexibility index (Phi) is 3.71. The van der Waals surface area contributed by atoms with Crippen LogP contribution >= 0.6 is 12.6 Å². The number of hydrogen-bond donors (Lipinski definition) is 2. The van der Waals surface area contributed by atoms with Gasteiger partial charge in [0.15, 0.2) is 5.78 Å². The quantitative estimate of drug-likeness (QED) is 0.590. The molecule has 0 radical (unpaired) electrons. The third-order valence-electron chi connectivity index (χ3n) is 1.76. The van der Waals surface area contributed by atoms with Crippen molar-refractivity contribution >= 4 is 24.4 Å². The van der Waals surface area contributed by atoms with Crippen molar-refractivity contribution in [2.75, 3.05) is 0 Å². The summed E-state index contributed by atoms with van der Waals surface area (Å²) in [5.41, 5.74) is 0.532. The van der Waals surface area contributed by atoms with Gasteiger partial charge in [-0.3, -0.25) is 9.59 Å². The van der Waals surface area contributed by atoms with Crippen molar-refractivity contribution < 1.29 is 14.7 Å². The fourth-order valence-electron chi connectivity index (χ4n) is 1.01. The maximum atomic E-state index is 11.4. The summed E-state index contributed by atoms with van der Waals surface area (Å²) < 4.78 is 0. The van der Waals surface area contributed by atoms with E-state index in [0.717, 1.165) is 4.90 Å². The van der Waals surface area contributed by atoms with Crippen molar-refractivity contribution in [3.8, 4) is 0 Å². The molecule has 0 amide bonds. The van der Waals surface area contributed by atoms with Crippen molar-refractivity contribution in [1.29, 1.82) is 0 Å². The highest BCUT2D eigenvalue weighted by molar-refractivity contribution is 7.80. The van der Waals surface area contributed by atoms with Crippen LogP contribution in [0.3, 0.4) is 0 Å². The second-order valence-electron chi connectivity index (χ2n) is 2.86. The van der Waals surface area contributed by atoms with E-state index in [-0.39, 0.29) is 18.6 Å². The van der Waals surface area contributed by atoms with Gasteiger partial charge in [-0.05, 0) is 12.1 Å². The maximum Gasteiger partial charge on any atom is 0.303 e. The third kappa shape index (κ3) is 3.22. The third-order valence-corrected chi connectivity index (χ3v) is 2.05. The number of carboxylic acid groups (broad SMARTS) is 1. The highest BCUT2D eigenvalue weighted by Gasteiger charge is 2.07. The monoisotopic (exact) mass is 210 g/mol. The molecule has 0 aromatic heterocycles. The zero-order valence-electron chi connectivity index (χ0n) is 7.43. The Bertz CT molecular complexity index is 343. The summed E-state index contributed by atoms with van der Waals surface area (Å²) in [4.78, 5) is 22.4. The molecule has 0 atom stereocenters. The summed E-state index contributed by atoms with van der Waals surface area (Å²) in [7, 11) is 0. The number of benzene rings is 1. The van der Waals surface area contributed by atoms with Gasteiger partial charge >= 0.3 is 5.97 Å². The van der Waals surface area contributed by atoms with Gasteiger partial charge in [-0.15, -0.1) is 12.6 Å². The molecule has 1 aromatic rings. The van der Waals surface area contributed by atoms with E-state index in [1.165, 1.54) is 0 Å². The smallest absolute Gasteiger partial charge is 0.303 e. The number of rotatable bonds is 4. The average Bonchev–Trinajstić information content (AvgIpc) is 2.15. The summed E-state index contributed by atoms with van der Waals surface area (Å²) in [6.45, 7) is 0. The Balaban J connectivity index is 2.61. The van der Waals surface area contributed by atoms with Gasteiger partial charge in [0.2, 0.25) is 0 Å². The molecule has 4 heteroatoms.